The molecule has 0 aliphatic heterocycles. The third-order valence-corrected chi connectivity index (χ3v) is 1.92. The number of ether oxygens (including phenoxy) is 2. The van der Waals surface area contributed by atoms with E-state index in [0.29, 0.717) is 0 Å². The summed E-state index contributed by atoms with van der Waals surface area (Å²) in [6.45, 7) is -1.52. The van der Waals surface area contributed by atoms with Crippen LogP contribution in [-0.2, 0) is 4.74 Å². The first-order chi connectivity index (χ1) is 8.49. The van der Waals surface area contributed by atoms with E-state index in [4.69, 9.17) is 5.26 Å². The SMILES string of the molecule is CCOC(=O)c1cc(C#N)c(O)c(OC(F)F)c1. The van der Waals surface area contributed by atoms with Crippen LogP contribution in [0.15, 0.2) is 12.1 Å². The van der Waals surface area contributed by atoms with Crippen molar-refractivity contribution in [1.29, 1.82) is 5.26 Å². The van der Waals surface area contributed by atoms with Gasteiger partial charge in [0.2, 0.25) is 0 Å². The van der Waals surface area contributed by atoms with Gasteiger partial charge in [-0.15, -0.1) is 0 Å². The predicted octanol–water partition coefficient (Wildman–Crippen LogP) is 2.04. The summed E-state index contributed by atoms with van der Waals surface area (Å²) in [5.41, 5.74) is -0.502. The molecule has 0 aliphatic rings. The number of phenols is 1. The lowest BCUT2D eigenvalue weighted by atomic mass is 10.1. The Hall–Kier alpha value is -2.36. The Bertz CT molecular complexity index is 497. The number of alkyl halides is 2. The molecular formula is C11H9F2NO4. The van der Waals surface area contributed by atoms with E-state index in [1.807, 2.05) is 0 Å². The highest BCUT2D eigenvalue weighted by molar-refractivity contribution is 5.91. The number of phenolic OH excluding ortho intramolecular Hbond substituents is 1. The zero-order chi connectivity index (χ0) is 13.7. The van der Waals surface area contributed by atoms with Gasteiger partial charge in [0.1, 0.15) is 6.07 Å². The second kappa shape index (κ2) is 5.82. The van der Waals surface area contributed by atoms with Crippen LogP contribution >= 0.6 is 0 Å². The van der Waals surface area contributed by atoms with Crippen LogP contribution in [-0.4, -0.2) is 24.3 Å². The monoisotopic (exact) mass is 257 g/mol. The second-order valence-electron chi connectivity index (χ2n) is 3.08. The highest BCUT2D eigenvalue weighted by Crippen LogP contribution is 2.32. The van der Waals surface area contributed by atoms with Gasteiger partial charge >= 0.3 is 12.6 Å². The maximum Gasteiger partial charge on any atom is 0.387 e. The van der Waals surface area contributed by atoms with Gasteiger partial charge in [-0.1, -0.05) is 0 Å². The number of carbonyl (C=O) groups is 1. The largest absolute Gasteiger partial charge is 0.503 e. The molecule has 0 bridgehead atoms. The first-order valence-corrected chi connectivity index (χ1v) is 4.88. The van der Waals surface area contributed by atoms with Crippen LogP contribution in [0.5, 0.6) is 11.5 Å². The zero-order valence-corrected chi connectivity index (χ0v) is 9.31. The second-order valence-corrected chi connectivity index (χ2v) is 3.08. The fourth-order valence-electron chi connectivity index (χ4n) is 1.21. The van der Waals surface area contributed by atoms with Crippen molar-refractivity contribution in [1.82, 2.24) is 0 Å². The average Bonchev–Trinajstić information content (AvgIpc) is 2.31. The third-order valence-electron chi connectivity index (χ3n) is 1.92. The summed E-state index contributed by atoms with van der Waals surface area (Å²) in [6, 6.07) is 3.49. The molecule has 0 aliphatic carbocycles. The van der Waals surface area contributed by atoms with Crippen LogP contribution in [0, 0.1) is 11.3 Å². The van der Waals surface area contributed by atoms with Crippen LogP contribution < -0.4 is 4.74 Å². The van der Waals surface area contributed by atoms with Gasteiger partial charge < -0.3 is 14.6 Å². The zero-order valence-electron chi connectivity index (χ0n) is 9.31. The number of benzene rings is 1. The van der Waals surface area contributed by atoms with E-state index in [2.05, 4.69) is 9.47 Å². The number of halogens is 2. The molecule has 96 valence electrons. The summed E-state index contributed by atoms with van der Waals surface area (Å²) < 4.78 is 32.8. The first-order valence-electron chi connectivity index (χ1n) is 4.88. The van der Waals surface area contributed by atoms with Gasteiger partial charge in [0, 0.05) is 0 Å². The molecule has 0 aromatic heterocycles. The number of esters is 1. The maximum absolute atomic E-state index is 12.1. The van der Waals surface area contributed by atoms with Crippen LogP contribution in [0.1, 0.15) is 22.8 Å². The smallest absolute Gasteiger partial charge is 0.387 e. The predicted molar refractivity (Wildman–Crippen MR) is 55.4 cm³/mol. The fourth-order valence-corrected chi connectivity index (χ4v) is 1.21. The normalized spacial score (nSPS) is 9.94. The number of hydrogen-bond acceptors (Lipinski definition) is 5. The average molecular weight is 257 g/mol. The van der Waals surface area contributed by atoms with Crippen LogP contribution in [0.25, 0.3) is 0 Å². The Morgan fingerprint density at radius 2 is 2.22 bits per heavy atom. The third kappa shape index (κ3) is 3.07. The van der Waals surface area contributed by atoms with Gasteiger partial charge in [0.25, 0.3) is 0 Å². The van der Waals surface area contributed by atoms with Crippen molar-refractivity contribution in [3.05, 3.63) is 23.3 Å². The quantitative estimate of drug-likeness (QED) is 0.835. The van der Waals surface area contributed by atoms with E-state index in [-0.39, 0.29) is 17.7 Å². The molecule has 18 heavy (non-hydrogen) atoms. The molecule has 0 spiro atoms. The Labute approximate surface area is 101 Å². The van der Waals surface area contributed by atoms with E-state index < -0.39 is 24.1 Å². The van der Waals surface area contributed by atoms with Crippen molar-refractivity contribution >= 4 is 5.97 Å². The molecule has 1 aromatic rings. The molecule has 0 saturated carbocycles. The molecule has 0 saturated heterocycles. The molecule has 0 heterocycles. The summed E-state index contributed by atoms with van der Waals surface area (Å²) in [4.78, 5) is 11.4. The summed E-state index contributed by atoms with van der Waals surface area (Å²) in [6.07, 6.45) is 0. The summed E-state index contributed by atoms with van der Waals surface area (Å²) >= 11 is 0. The summed E-state index contributed by atoms with van der Waals surface area (Å²) in [7, 11) is 0. The topological polar surface area (TPSA) is 79.6 Å². The van der Waals surface area contributed by atoms with E-state index in [1.165, 1.54) is 0 Å². The molecular weight excluding hydrogens is 248 g/mol. The number of carbonyl (C=O) groups excluding carboxylic acids is 1. The Morgan fingerprint density at radius 3 is 2.72 bits per heavy atom. The van der Waals surface area contributed by atoms with Crippen LogP contribution in [0.3, 0.4) is 0 Å². The molecule has 5 nitrogen and oxygen atoms in total. The van der Waals surface area contributed by atoms with Gasteiger partial charge in [0.05, 0.1) is 17.7 Å². The number of nitrogens with zero attached hydrogens (tertiary/aromatic N) is 1. The number of hydrogen-bond donors (Lipinski definition) is 1. The minimum atomic E-state index is -3.18. The van der Waals surface area contributed by atoms with Crippen LogP contribution in [0.2, 0.25) is 0 Å². The molecule has 7 heteroatoms. The number of rotatable bonds is 4. The van der Waals surface area contributed by atoms with E-state index in [1.54, 1.807) is 13.0 Å². The Kier molecular flexibility index (Phi) is 4.43. The lowest BCUT2D eigenvalue weighted by Gasteiger charge is -2.10. The summed E-state index contributed by atoms with van der Waals surface area (Å²) in [5.74, 6) is -2.19. The van der Waals surface area contributed by atoms with Crippen molar-refractivity contribution in [2.24, 2.45) is 0 Å². The van der Waals surface area contributed by atoms with Crippen molar-refractivity contribution in [3.63, 3.8) is 0 Å². The van der Waals surface area contributed by atoms with Crippen molar-refractivity contribution < 1.29 is 28.2 Å². The summed E-state index contributed by atoms with van der Waals surface area (Å²) in [5, 5.41) is 18.1. The Balaban J connectivity index is 3.22. The molecule has 0 radical (unpaired) electrons. The molecule has 1 N–H and O–H groups in total. The first kappa shape index (κ1) is 13.7. The molecule has 1 rings (SSSR count). The van der Waals surface area contributed by atoms with Crippen molar-refractivity contribution in [2.75, 3.05) is 6.61 Å². The molecule has 0 fully saturated rings. The maximum atomic E-state index is 12.1. The molecule has 0 unspecified atom stereocenters. The molecule has 1 aromatic carbocycles. The minimum Gasteiger partial charge on any atom is -0.503 e. The van der Waals surface area contributed by atoms with E-state index >= 15 is 0 Å². The highest BCUT2D eigenvalue weighted by atomic mass is 19.3. The Morgan fingerprint density at radius 1 is 1.56 bits per heavy atom. The van der Waals surface area contributed by atoms with Gasteiger partial charge in [-0.3, -0.25) is 0 Å². The molecule has 0 atom stereocenters. The van der Waals surface area contributed by atoms with Gasteiger partial charge in [-0.2, -0.15) is 14.0 Å². The standard InChI is InChI=1S/C11H9F2NO4/c1-2-17-10(16)6-3-7(5-14)9(15)8(4-6)18-11(12)13/h3-4,11,15H,2H2,1H3. The van der Waals surface area contributed by atoms with E-state index in [9.17, 15) is 18.7 Å². The van der Waals surface area contributed by atoms with Gasteiger partial charge in [-0.25, -0.2) is 4.79 Å². The van der Waals surface area contributed by atoms with E-state index in [0.717, 1.165) is 12.1 Å². The highest BCUT2D eigenvalue weighted by Gasteiger charge is 2.18. The number of nitriles is 1. The fraction of sp³-hybridized carbons (Fsp3) is 0.273. The van der Waals surface area contributed by atoms with Gasteiger partial charge in [0.15, 0.2) is 11.5 Å². The van der Waals surface area contributed by atoms with Crippen LogP contribution in [0.4, 0.5) is 8.78 Å². The lowest BCUT2D eigenvalue weighted by molar-refractivity contribution is -0.0513. The number of aromatic hydroxyl groups is 1. The lowest BCUT2D eigenvalue weighted by Crippen LogP contribution is -2.08. The van der Waals surface area contributed by atoms with Crippen molar-refractivity contribution in [2.45, 2.75) is 13.5 Å². The molecule has 0 amide bonds. The van der Waals surface area contributed by atoms with Gasteiger partial charge in [-0.05, 0) is 19.1 Å². The van der Waals surface area contributed by atoms with Crippen molar-refractivity contribution in [3.8, 4) is 17.6 Å². The minimum absolute atomic E-state index is 0.0899.